The Labute approximate surface area is 310 Å². The van der Waals surface area contributed by atoms with Crippen molar-refractivity contribution in [3.05, 3.63) is 70.3 Å². The van der Waals surface area contributed by atoms with E-state index in [1.807, 2.05) is 25.1 Å². The number of fused-ring (bicyclic) bond motifs is 4. The van der Waals surface area contributed by atoms with Crippen LogP contribution in [0.15, 0.2) is 52.9 Å². The highest BCUT2D eigenvalue weighted by Gasteiger charge is 2.44. The van der Waals surface area contributed by atoms with E-state index in [1.54, 1.807) is 32.3 Å². The van der Waals surface area contributed by atoms with E-state index in [4.69, 9.17) is 21.1 Å². The monoisotopic (exact) mass is 753 g/mol. The molecule has 3 heterocycles. The highest BCUT2D eigenvalue weighted by Crippen LogP contribution is 2.47. The highest BCUT2D eigenvalue weighted by atomic mass is 35.5. The van der Waals surface area contributed by atoms with Crippen LogP contribution in [-0.4, -0.2) is 102 Å². The Morgan fingerprint density at radius 2 is 1.96 bits per heavy atom. The van der Waals surface area contributed by atoms with E-state index >= 15 is 0 Å². The number of hydrogen-bond acceptors (Lipinski definition) is 8. The van der Waals surface area contributed by atoms with Gasteiger partial charge in [0.2, 0.25) is 0 Å². The lowest BCUT2D eigenvalue weighted by Gasteiger charge is -2.45. The molecule has 1 unspecified atom stereocenters. The van der Waals surface area contributed by atoms with Crippen LogP contribution < -0.4 is 14.4 Å². The van der Waals surface area contributed by atoms with Crippen LogP contribution in [0.4, 0.5) is 15.3 Å². The molecule has 2 N–H and O–H groups in total. The molecule has 2 bridgehead atoms. The first-order chi connectivity index (χ1) is 24.8. The molecule has 12 nitrogen and oxygen atoms in total. The molecule has 2 aliphatic carbocycles. The van der Waals surface area contributed by atoms with Crippen molar-refractivity contribution in [3.8, 4) is 5.75 Å². The lowest BCUT2D eigenvalue weighted by Crippen LogP contribution is -2.59. The van der Waals surface area contributed by atoms with Crippen LogP contribution in [0.3, 0.4) is 0 Å². The minimum atomic E-state index is -3.60. The number of halogens is 1. The number of urea groups is 1. The largest absolute Gasteiger partial charge is 0.490 e. The Morgan fingerprint density at radius 3 is 2.71 bits per heavy atom. The van der Waals surface area contributed by atoms with Gasteiger partial charge in [-0.1, -0.05) is 36.7 Å². The summed E-state index contributed by atoms with van der Waals surface area (Å²) < 4.78 is 33.2. The summed E-state index contributed by atoms with van der Waals surface area (Å²) in [5, 5.41) is 12.0. The number of nitrogens with zero attached hydrogens (tertiary/aromatic N) is 4. The smallest absolute Gasteiger partial charge is 0.409 e. The Morgan fingerprint density at radius 1 is 1.15 bits per heavy atom. The fourth-order valence-electron chi connectivity index (χ4n) is 8.26. The predicted molar refractivity (Wildman–Crippen MR) is 199 cm³/mol. The number of carbonyl (C=O) groups excluding carboxylic acids is 3. The summed E-state index contributed by atoms with van der Waals surface area (Å²) in [6.45, 7) is 3.94. The molecule has 52 heavy (non-hydrogen) atoms. The third kappa shape index (κ3) is 7.49. The molecular weight excluding hydrogens is 706 g/mol. The van der Waals surface area contributed by atoms with Gasteiger partial charge < -0.3 is 29.3 Å². The number of aryl methyl sites for hydroxylation is 1. The summed E-state index contributed by atoms with van der Waals surface area (Å²) in [6, 6.07) is 10.7. The molecule has 0 aromatic heterocycles. The van der Waals surface area contributed by atoms with Crippen molar-refractivity contribution >= 4 is 45.2 Å². The van der Waals surface area contributed by atoms with Crippen LogP contribution in [-0.2, 0) is 26.5 Å². The second-order valence-corrected chi connectivity index (χ2v) is 17.9. The maximum Gasteiger partial charge on any atom is 0.409 e. The fourth-order valence-corrected chi connectivity index (χ4v) is 10.3. The summed E-state index contributed by atoms with van der Waals surface area (Å²) in [4.78, 5) is 44.2. The summed E-state index contributed by atoms with van der Waals surface area (Å²) in [7, 11) is -0.449. The van der Waals surface area contributed by atoms with Gasteiger partial charge in [0, 0.05) is 43.2 Å². The number of amides is 4. The molecule has 1 spiro atoms. The molecule has 2 aromatic rings. The zero-order valence-electron chi connectivity index (χ0n) is 30.0. The summed E-state index contributed by atoms with van der Waals surface area (Å²) in [5.41, 5.74) is 3.15. The summed E-state index contributed by atoms with van der Waals surface area (Å²) in [5.74, 6) is -0.0261. The number of ether oxygens (including phenoxy) is 2. The topological polar surface area (TPSA) is 141 Å². The molecule has 6 atom stereocenters. The number of hydrogen-bond donors (Lipinski definition) is 2. The van der Waals surface area contributed by atoms with Gasteiger partial charge in [-0.25, -0.2) is 13.8 Å². The van der Waals surface area contributed by atoms with Gasteiger partial charge in [0.15, 0.2) is 0 Å². The number of nitrogens with one attached hydrogen (secondary N) is 1. The fraction of sp³-hybridized carbons (Fsp3) is 0.553. The number of aliphatic hydroxyl groups is 1. The van der Waals surface area contributed by atoms with Gasteiger partial charge in [0.05, 0.1) is 37.2 Å². The normalized spacial score (nSPS) is 31.0. The van der Waals surface area contributed by atoms with Crippen molar-refractivity contribution < 1.29 is 33.2 Å². The first-order valence-corrected chi connectivity index (χ1v) is 20.3. The summed E-state index contributed by atoms with van der Waals surface area (Å²) in [6.07, 6.45) is 7.37. The second-order valence-electron chi connectivity index (χ2n) is 15.5. The number of aliphatic hydroxyl groups excluding tert-OH is 1. The number of carbonyl (C=O) groups is 3. The molecule has 2 aromatic carbocycles. The molecule has 14 heteroatoms. The number of rotatable bonds is 2. The molecule has 4 amide bonds. The molecular formula is C38H48ClN5O7S. The van der Waals surface area contributed by atoms with Crippen LogP contribution in [0.5, 0.6) is 5.75 Å². The van der Waals surface area contributed by atoms with Crippen LogP contribution in [0.25, 0.3) is 0 Å². The number of anilines is 1. The average molecular weight is 754 g/mol. The lowest BCUT2D eigenvalue weighted by molar-refractivity contribution is -0.00248. The molecule has 1 saturated heterocycles. The molecule has 1 saturated carbocycles. The van der Waals surface area contributed by atoms with Gasteiger partial charge in [-0.3, -0.25) is 9.52 Å². The minimum Gasteiger partial charge on any atom is -0.490 e. The molecule has 2 fully saturated rings. The van der Waals surface area contributed by atoms with Crippen molar-refractivity contribution in [2.24, 2.45) is 22.1 Å². The van der Waals surface area contributed by atoms with Crippen molar-refractivity contribution in [2.75, 3.05) is 57.5 Å². The number of likely N-dealkylation sites (tertiary alicyclic amines) is 1. The minimum absolute atomic E-state index is 0.0734. The first-order valence-electron chi connectivity index (χ1n) is 18.2. The maximum absolute atomic E-state index is 14.4. The number of allylic oxidation sites excluding steroid dienone is 1. The van der Waals surface area contributed by atoms with Gasteiger partial charge in [0.1, 0.15) is 21.8 Å². The Bertz CT molecular complexity index is 1890. The Kier molecular flexibility index (Phi) is 10.2. The van der Waals surface area contributed by atoms with E-state index in [2.05, 4.69) is 26.1 Å². The maximum atomic E-state index is 14.4. The van der Waals surface area contributed by atoms with Crippen LogP contribution in [0, 0.1) is 17.8 Å². The Balaban J connectivity index is 1.21. The van der Waals surface area contributed by atoms with Gasteiger partial charge in [0.25, 0.3) is 5.91 Å². The Hall–Kier alpha value is -3.81. The average Bonchev–Trinajstić information content (AvgIpc) is 3.20. The van der Waals surface area contributed by atoms with E-state index in [-0.39, 0.29) is 47.6 Å². The van der Waals surface area contributed by atoms with E-state index in [9.17, 15) is 23.7 Å². The van der Waals surface area contributed by atoms with E-state index in [0.29, 0.717) is 36.9 Å². The quantitative estimate of drug-likeness (QED) is 0.388. The van der Waals surface area contributed by atoms with E-state index < -0.39 is 40.2 Å². The van der Waals surface area contributed by atoms with Gasteiger partial charge in [-0.05, 0) is 97.7 Å². The molecule has 7 rings (SSSR count). The van der Waals surface area contributed by atoms with Crippen LogP contribution >= 0.6 is 11.6 Å². The van der Waals surface area contributed by atoms with E-state index in [0.717, 1.165) is 37.8 Å². The molecule has 280 valence electrons. The first kappa shape index (κ1) is 36.5. The molecule has 0 radical (unpaired) electrons. The lowest BCUT2D eigenvalue weighted by atomic mass is 9.68. The predicted octanol–water partition coefficient (Wildman–Crippen LogP) is 5.41. The third-order valence-electron chi connectivity index (χ3n) is 11.3. The molecule has 3 aliphatic heterocycles. The zero-order valence-corrected chi connectivity index (χ0v) is 31.5. The van der Waals surface area contributed by atoms with Gasteiger partial charge >= 0.3 is 12.1 Å². The van der Waals surface area contributed by atoms with Crippen molar-refractivity contribution in [2.45, 2.75) is 63.1 Å². The SMILES string of the molecule is C[C@H]1C/C=C\[C@H](O)[C@@H]2CC[C@H]2CN2C[C@@]3(CCCc4cc(Cl)ccc43)COc3ccc(cc32)C(=O)N=S(=O)(NC(=O)N2CC(OC(=O)N(C)C)C2)C1. The van der Waals surface area contributed by atoms with Gasteiger partial charge in [-0.2, -0.15) is 0 Å². The number of benzene rings is 2. The third-order valence-corrected chi connectivity index (χ3v) is 13.5. The van der Waals surface area contributed by atoms with E-state index in [1.165, 1.54) is 20.9 Å². The summed E-state index contributed by atoms with van der Waals surface area (Å²) >= 11 is 6.43. The van der Waals surface area contributed by atoms with Crippen molar-refractivity contribution in [3.63, 3.8) is 0 Å². The van der Waals surface area contributed by atoms with Crippen LogP contribution in [0.1, 0.15) is 60.5 Å². The zero-order chi connectivity index (χ0) is 36.8. The van der Waals surface area contributed by atoms with Crippen molar-refractivity contribution in [1.29, 1.82) is 0 Å². The van der Waals surface area contributed by atoms with Crippen molar-refractivity contribution in [1.82, 2.24) is 14.5 Å². The standard InChI is InChI=1S/C38H48ClN5O7S/c1-24-6-4-8-33(45)30-12-9-27(30)18-44-22-38(15-5-7-25-16-28(39)11-13-31(25)38)23-50-34-14-10-26(17-32(34)44)35(46)40-52(49,21-24)41-36(47)43-19-29(20-43)51-37(48)42(2)3/h4,8,10-11,13-14,16-17,24,27,29-30,33,45H,5-7,9,12,15,18-23H2,1-3H3,(H,40,41,46,47,49)/b8-4-/t24-,27-,30+,33-,38-,52?/m0/s1. The highest BCUT2D eigenvalue weighted by molar-refractivity contribution is 7.92. The van der Waals surface area contributed by atoms with Crippen LogP contribution in [0.2, 0.25) is 5.02 Å². The molecule has 5 aliphatic rings. The second kappa shape index (κ2) is 14.5. The van der Waals surface area contributed by atoms with Gasteiger partial charge in [-0.15, -0.1) is 4.36 Å².